The maximum atomic E-state index is 13.4. The van der Waals surface area contributed by atoms with Gasteiger partial charge in [-0.1, -0.05) is 0 Å². The summed E-state index contributed by atoms with van der Waals surface area (Å²) in [4.78, 5) is 29.2. The largest absolute Gasteiger partial charge is 0.345 e. The Morgan fingerprint density at radius 1 is 1.17 bits per heavy atom. The first-order chi connectivity index (χ1) is 11.0. The summed E-state index contributed by atoms with van der Waals surface area (Å²) >= 11 is 0. The van der Waals surface area contributed by atoms with Crippen molar-refractivity contribution in [3.05, 3.63) is 65.7 Å². The van der Waals surface area contributed by atoms with Gasteiger partial charge in [0.05, 0.1) is 11.3 Å². The molecule has 0 bridgehead atoms. The lowest BCUT2D eigenvalue weighted by molar-refractivity contribution is -0.111. The molecule has 0 radical (unpaired) electrons. The average molecular weight is 313 g/mol. The molecule has 1 N–H and O–H groups in total. The summed E-state index contributed by atoms with van der Waals surface area (Å²) < 4.78 is 13.4. The Morgan fingerprint density at radius 2 is 1.87 bits per heavy atom. The van der Waals surface area contributed by atoms with Gasteiger partial charge in [0.2, 0.25) is 5.91 Å². The molecule has 2 rings (SSSR count). The monoisotopic (exact) mass is 313 g/mol. The Morgan fingerprint density at radius 3 is 2.52 bits per heavy atom. The minimum atomic E-state index is -0.541. The van der Waals surface area contributed by atoms with Gasteiger partial charge in [-0.05, 0) is 42.0 Å². The molecular weight excluding hydrogens is 297 g/mol. The van der Waals surface area contributed by atoms with Crippen LogP contribution in [0.25, 0.3) is 6.08 Å². The van der Waals surface area contributed by atoms with E-state index < -0.39 is 17.6 Å². The van der Waals surface area contributed by atoms with Gasteiger partial charge in [0.15, 0.2) is 0 Å². The first-order valence-electron chi connectivity index (χ1n) is 6.87. The fraction of sp³-hybridized carbons (Fsp3) is 0.118. The lowest BCUT2D eigenvalue weighted by Gasteiger charge is -2.14. The molecule has 0 saturated carbocycles. The van der Waals surface area contributed by atoms with Crippen LogP contribution in [-0.4, -0.2) is 35.8 Å². The third kappa shape index (κ3) is 4.47. The molecule has 118 valence electrons. The number of rotatable bonds is 4. The topological polar surface area (TPSA) is 62.3 Å². The van der Waals surface area contributed by atoms with E-state index >= 15 is 0 Å². The number of carbonyl (C=O) groups is 2. The fourth-order valence-electron chi connectivity index (χ4n) is 1.86. The van der Waals surface area contributed by atoms with Crippen molar-refractivity contribution in [1.82, 2.24) is 9.88 Å². The number of hydrogen-bond donors (Lipinski definition) is 1. The van der Waals surface area contributed by atoms with E-state index in [9.17, 15) is 14.0 Å². The van der Waals surface area contributed by atoms with Crippen LogP contribution in [0.1, 0.15) is 15.9 Å². The van der Waals surface area contributed by atoms with Crippen molar-refractivity contribution in [2.75, 3.05) is 19.4 Å². The number of amides is 2. The Bertz CT molecular complexity index is 743. The van der Waals surface area contributed by atoms with Crippen LogP contribution in [0.4, 0.5) is 10.1 Å². The van der Waals surface area contributed by atoms with E-state index in [1.54, 1.807) is 44.7 Å². The summed E-state index contributed by atoms with van der Waals surface area (Å²) in [6.45, 7) is 0. The highest BCUT2D eigenvalue weighted by atomic mass is 19.1. The normalized spacial score (nSPS) is 10.6. The summed E-state index contributed by atoms with van der Waals surface area (Å²) in [7, 11) is 3.12. The molecule has 0 saturated heterocycles. The van der Waals surface area contributed by atoms with Gasteiger partial charge in [-0.15, -0.1) is 0 Å². The van der Waals surface area contributed by atoms with Crippen molar-refractivity contribution in [2.24, 2.45) is 0 Å². The standard InChI is InChI=1S/C17H16FN3O2/c1-21(2)17(23)14-11-13(18)4-5-15(14)20-16(22)6-3-12-7-9-19-10-8-12/h3-11H,1-2H3,(H,20,22)/b6-3+. The molecule has 0 fully saturated rings. The predicted octanol–water partition coefficient (Wildman–Crippen LogP) is 2.57. The van der Waals surface area contributed by atoms with Crippen molar-refractivity contribution in [2.45, 2.75) is 0 Å². The maximum absolute atomic E-state index is 13.4. The lowest BCUT2D eigenvalue weighted by Crippen LogP contribution is -2.24. The smallest absolute Gasteiger partial charge is 0.255 e. The van der Waals surface area contributed by atoms with Crippen LogP contribution in [-0.2, 0) is 4.79 Å². The fourth-order valence-corrected chi connectivity index (χ4v) is 1.86. The number of anilines is 1. The quantitative estimate of drug-likeness (QED) is 0.883. The predicted molar refractivity (Wildman–Crippen MR) is 86.3 cm³/mol. The van der Waals surface area contributed by atoms with E-state index in [0.29, 0.717) is 0 Å². The van der Waals surface area contributed by atoms with Gasteiger partial charge in [0.25, 0.3) is 5.91 Å². The summed E-state index contributed by atoms with van der Waals surface area (Å²) in [5.41, 5.74) is 1.17. The molecule has 0 atom stereocenters. The van der Waals surface area contributed by atoms with Gasteiger partial charge in [0, 0.05) is 32.6 Å². The van der Waals surface area contributed by atoms with Crippen LogP contribution in [0.5, 0.6) is 0 Å². The van der Waals surface area contributed by atoms with Crippen LogP contribution in [0.3, 0.4) is 0 Å². The van der Waals surface area contributed by atoms with Crippen LogP contribution in [0.15, 0.2) is 48.8 Å². The van der Waals surface area contributed by atoms with E-state index in [4.69, 9.17) is 0 Å². The van der Waals surface area contributed by atoms with Crippen molar-refractivity contribution in [1.29, 1.82) is 0 Å². The van der Waals surface area contributed by atoms with E-state index in [-0.39, 0.29) is 11.3 Å². The molecule has 0 unspecified atom stereocenters. The zero-order valence-electron chi connectivity index (χ0n) is 12.8. The Kier molecular flexibility index (Phi) is 5.19. The molecule has 0 spiro atoms. The second kappa shape index (κ2) is 7.31. The molecule has 1 aromatic heterocycles. The summed E-state index contributed by atoms with van der Waals surface area (Å²) in [5, 5.41) is 2.59. The SMILES string of the molecule is CN(C)C(=O)c1cc(F)ccc1NC(=O)/C=C/c1ccncc1. The highest BCUT2D eigenvalue weighted by molar-refractivity contribution is 6.07. The first-order valence-corrected chi connectivity index (χ1v) is 6.87. The number of aromatic nitrogens is 1. The van der Waals surface area contributed by atoms with E-state index in [0.717, 1.165) is 11.6 Å². The number of nitrogens with one attached hydrogen (secondary N) is 1. The van der Waals surface area contributed by atoms with Crippen LogP contribution in [0.2, 0.25) is 0 Å². The average Bonchev–Trinajstić information content (AvgIpc) is 2.55. The van der Waals surface area contributed by atoms with E-state index in [1.165, 1.54) is 23.1 Å². The molecule has 1 heterocycles. The van der Waals surface area contributed by atoms with Gasteiger partial charge in [-0.25, -0.2) is 4.39 Å². The number of halogens is 1. The molecule has 0 aliphatic carbocycles. The zero-order chi connectivity index (χ0) is 16.8. The summed E-state index contributed by atoms with van der Waals surface area (Å²) in [6.07, 6.45) is 6.19. The molecule has 2 aromatic rings. The minimum Gasteiger partial charge on any atom is -0.345 e. The molecule has 23 heavy (non-hydrogen) atoms. The molecular formula is C17H16FN3O2. The second-order valence-corrected chi connectivity index (χ2v) is 4.99. The van der Waals surface area contributed by atoms with E-state index in [2.05, 4.69) is 10.3 Å². The number of benzene rings is 1. The van der Waals surface area contributed by atoms with E-state index in [1.807, 2.05) is 0 Å². The summed E-state index contributed by atoms with van der Waals surface area (Å²) in [6, 6.07) is 7.16. The zero-order valence-corrected chi connectivity index (χ0v) is 12.8. The number of hydrogen-bond acceptors (Lipinski definition) is 3. The highest BCUT2D eigenvalue weighted by Gasteiger charge is 2.15. The van der Waals surface area contributed by atoms with Crippen molar-refractivity contribution in [3.8, 4) is 0 Å². The molecule has 5 nitrogen and oxygen atoms in total. The maximum Gasteiger partial charge on any atom is 0.255 e. The van der Waals surface area contributed by atoms with Gasteiger partial charge in [-0.3, -0.25) is 14.6 Å². The van der Waals surface area contributed by atoms with Gasteiger partial charge < -0.3 is 10.2 Å². The second-order valence-electron chi connectivity index (χ2n) is 4.99. The number of pyridine rings is 1. The Labute approximate surface area is 133 Å². The Balaban J connectivity index is 2.18. The molecule has 6 heteroatoms. The third-order valence-electron chi connectivity index (χ3n) is 3.01. The minimum absolute atomic E-state index is 0.0978. The highest BCUT2D eigenvalue weighted by Crippen LogP contribution is 2.18. The third-order valence-corrected chi connectivity index (χ3v) is 3.01. The number of nitrogens with zero attached hydrogens (tertiary/aromatic N) is 2. The van der Waals surface area contributed by atoms with Crippen molar-refractivity contribution in [3.63, 3.8) is 0 Å². The van der Waals surface area contributed by atoms with Gasteiger partial charge in [-0.2, -0.15) is 0 Å². The van der Waals surface area contributed by atoms with Crippen LogP contribution < -0.4 is 5.32 Å². The summed E-state index contributed by atoms with van der Waals surface area (Å²) in [5.74, 6) is -1.35. The number of carbonyl (C=O) groups excluding carboxylic acids is 2. The molecule has 0 aliphatic rings. The Hall–Kier alpha value is -3.02. The van der Waals surface area contributed by atoms with Crippen molar-refractivity contribution < 1.29 is 14.0 Å². The van der Waals surface area contributed by atoms with Crippen LogP contribution in [0, 0.1) is 5.82 Å². The van der Waals surface area contributed by atoms with Gasteiger partial charge in [0.1, 0.15) is 5.82 Å². The van der Waals surface area contributed by atoms with Crippen LogP contribution >= 0.6 is 0 Å². The van der Waals surface area contributed by atoms with Gasteiger partial charge >= 0.3 is 0 Å². The molecule has 2 amide bonds. The lowest BCUT2D eigenvalue weighted by atomic mass is 10.1. The molecule has 1 aromatic carbocycles. The first kappa shape index (κ1) is 16.4. The molecule has 0 aliphatic heterocycles. The van der Waals surface area contributed by atoms with Crippen molar-refractivity contribution >= 4 is 23.6 Å².